The molecule has 0 aromatic heterocycles. The molecule has 0 heterocycles. The predicted molar refractivity (Wildman–Crippen MR) is 55.9 cm³/mol. The second-order valence-electron chi connectivity index (χ2n) is 2.41. The minimum atomic E-state index is 0.585. The standard InChI is InChI=1S/C11H17N/c1-3-4-8-11(2)9-6-5-7-10-12/h4-9H,2-3,10,12H2,1H3/b7-5-,8-4-,9-6-. The number of nitrogens with two attached hydrogens (primary N) is 1. The van der Waals surface area contributed by atoms with Crippen molar-refractivity contribution in [3.05, 3.63) is 48.6 Å². The van der Waals surface area contributed by atoms with Crippen LogP contribution in [-0.4, -0.2) is 6.54 Å². The summed E-state index contributed by atoms with van der Waals surface area (Å²) in [6.45, 7) is 6.54. The van der Waals surface area contributed by atoms with Crippen LogP contribution in [0.25, 0.3) is 0 Å². The van der Waals surface area contributed by atoms with Crippen LogP contribution in [0.1, 0.15) is 13.3 Å². The predicted octanol–water partition coefficient (Wildman–Crippen LogP) is 2.58. The van der Waals surface area contributed by atoms with Crippen LogP contribution in [0.2, 0.25) is 0 Å². The fourth-order valence-corrected chi connectivity index (χ4v) is 0.661. The van der Waals surface area contributed by atoms with Gasteiger partial charge in [0.25, 0.3) is 0 Å². The molecule has 0 saturated heterocycles. The van der Waals surface area contributed by atoms with E-state index in [0.29, 0.717) is 6.54 Å². The highest BCUT2D eigenvalue weighted by atomic mass is 14.5. The topological polar surface area (TPSA) is 26.0 Å². The minimum absolute atomic E-state index is 0.585. The van der Waals surface area contributed by atoms with Crippen LogP contribution in [0.5, 0.6) is 0 Å². The summed E-state index contributed by atoms with van der Waals surface area (Å²) in [6, 6.07) is 0. The number of allylic oxidation sites excluding steroid dienone is 6. The second-order valence-corrected chi connectivity index (χ2v) is 2.41. The summed E-state index contributed by atoms with van der Waals surface area (Å²) in [7, 11) is 0. The van der Waals surface area contributed by atoms with Crippen molar-refractivity contribution in [2.75, 3.05) is 6.54 Å². The van der Waals surface area contributed by atoms with Gasteiger partial charge < -0.3 is 5.73 Å². The maximum Gasteiger partial charge on any atom is 0.0109 e. The highest BCUT2D eigenvalue weighted by Crippen LogP contribution is 1.96. The third-order valence-corrected chi connectivity index (χ3v) is 1.26. The molecule has 0 aromatic rings. The average Bonchev–Trinajstić information content (AvgIpc) is 2.09. The summed E-state index contributed by atoms with van der Waals surface area (Å²) in [5.41, 5.74) is 6.28. The molecule has 0 spiro atoms. The van der Waals surface area contributed by atoms with Gasteiger partial charge in [0.15, 0.2) is 0 Å². The number of hydrogen-bond donors (Lipinski definition) is 1. The van der Waals surface area contributed by atoms with E-state index in [1.54, 1.807) is 0 Å². The molecule has 0 aliphatic carbocycles. The molecule has 2 N–H and O–H groups in total. The summed E-state index contributed by atoms with van der Waals surface area (Å²) in [6.07, 6.45) is 12.9. The molecule has 0 amide bonds. The van der Waals surface area contributed by atoms with Crippen LogP contribution in [0.3, 0.4) is 0 Å². The fraction of sp³-hybridized carbons (Fsp3) is 0.273. The molecule has 12 heavy (non-hydrogen) atoms. The lowest BCUT2D eigenvalue weighted by atomic mass is 10.2. The summed E-state index contributed by atoms with van der Waals surface area (Å²) < 4.78 is 0. The maximum atomic E-state index is 5.27. The van der Waals surface area contributed by atoms with E-state index in [2.05, 4.69) is 19.6 Å². The van der Waals surface area contributed by atoms with Gasteiger partial charge in [0, 0.05) is 6.54 Å². The quantitative estimate of drug-likeness (QED) is 0.619. The molecule has 0 atom stereocenters. The van der Waals surface area contributed by atoms with E-state index in [9.17, 15) is 0 Å². The summed E-state index contributed by atoms with van der Waals surface area (Å²) in [5, 5.41) is 0. The highest BCUT2D eigenvalue weighted by molar-refractivity contribution is 5.29. The van der Waals surface area contributed by atoms with Crippen LogP contribution in [0.4, 0.5) is 0 Å². The Balaban J connectivity index is 3.75. The van der Waals surface area contributed by atoms with Gasteiger partial charge in [-0.25, -0.2) is 0 Å². The normalized spacial score (nSPS) is 12.2. The van der Waals surface area contributed by atoms with Crippen molar-refractivity contribution < 1.29 is 0 Å². The second kappa shape index (κ2) is 8.02. The summed E-state index contributed by atoms with van der Waals surface area (Å²) >= 11 is 0. The zero-order valence-corrected chi connectivity index (χ0v) is 7.66. The molecule has 0 saturated carbocycles. The molecule has 0 fully saturated rings. The molecular formula is C11H17N. The molecule has 0 aliphatic heterocycles. The van der Waals surface area contributed by atoms with Crippen molar-refractivity contribution >= 4 is 0 Å². The molecule has 1 heteroatoms. The van der Waals surface area contributed by atoms with E-state index in [-0.39, 0.29) is 0 Å². The lowest BCUT2D eigenvalue weighted by Gasteiger charge is -1.86. The van der Waals surface area contributed by atoms with Crippen molar-refractivity contribution in [1.82, 2.24) is 0 Å². The molecule has 0 rings (SSSR count). The van der Waals surface area contributed by atoms with Gasteiger partial charge in [0.1, 0.15) is 0 Å². The first-order chi connectivity index (χ1) is 5.81. The van der Waals surface area contributed by atoms with E-state index in [1.165, 1.54) is 0 Å². The lowest BCUT2D eigenvalue weighted by Crippen LogP contribution is -1.91. The minimum Gasteiger partial charge on any atom is -0.327 e. The van der Waals surface area contributed by atoms with E-state index < -0.39 is 0 Å². The smallest absolute Gasteiger partial charge is 0.0109 e. The fourth-order valence-electron chi connectivity index (χ4n) is 0.661. The van der Waals surface area contributed by atoms with Crippen LogP contribution in [0, 0.1) is 0 Å². The monoisotopic (exact) mass is 163 g/mol. The van der Waals surface area contributed by atoms with Crippen LogP contribution in [0.15, 0.2) is 48.6 Å². The molecule has 1 nitrogen and oxygen atoms in total. The molecule has 0 radical (unpaired) electrons. The maximum absolute atomic E-state index is 5.27. The largest absolute Gasteiger partial charge is 0.327 e. The molecule has 66 valence electrons. The van der Waals surface area contributed by atoms with Gasteiger partial charge in [-0.2, -0.15) is 0 Å². The zero-order valence-electron chi connectivity index (χ0n) is 7.66. The first-order valence-electron chi connectivity index (χ1n) is 4.20. The van der Waals surface area contributed by atoms with E-state index >= 15 is 0 Å². The molecular weight excluding hydrogens is 146 g/mol. The summed E-state index contributed by atoms with van der Waals surface area (Å²) in [4.78, 5) is 0. The molecule has 0 bridgehead atoms. The van der Waals surface area contributed by atoms with E-state index in [0.717, 1.165) is 12.0 Å². The third kappa shape index (κ3) is 7.03. The summed E-state index contributed by atoms with van der Waals surface area (Å²) in [5.74, 6) is 0. The Morgan fingerprint density at radius 1 is 1.25 bits per heavy atom. The lowest BCUT2D eigenvalue weighted by molar-refractivity contribution is 1.22. The van der Waals surface area contributed by atoms with Crippen molar-refractivity contribution in [3.8, 4) is 0 Å². The van der Waals surface area contributed by atoms with Gasteiger partial charge in [-0.1, -0.05) is 50.0 Å². The Morgan fingerprint density at radius 2 is 2.00 bits per heavy atom. The van der Waals surface area contributed by atoms with Gasteiger partial charge in [-0.15, -0.1) is 0 Å². The Hall–Kier alpha value is -1.08. The first kappa shape index (κ1) is 10.9. The van der Waals surface area contributed by atoms with Crippen LogP contribution >= 0.6 is 0 Å². The Morgan fingerprint density at radius 3 is 2.58 bits per heavy atom. The number of rotatable bonds is 5. The zero-order chi connectivity index (χ0) is 9.23. The van der Waals surface area contributed by atoms with Crippen LogP contribution in [-0.2, 0) is 0 Å². The average molecular weight is 163 g/mol. The Bertz CT molecular complexity index is 197. The van der Waals surface area contributed by atoms with Crippen molar-refractivity contribution in [3.63, 3.8) is 0 Å². The first-order valence-corrected chi connectivity index (χ1v) is 4.20. The van der Waals surface area contributed by atoms with Gasteiger partial charge in [-0.05, 0) is 12.0 Å². The third-order valence-electron chi connectivity index (χ3n) is 1.26. The molecule has 0 aromatic carbocycles. The van der Waals surface area contributed by atoms with E-state index in [4.69, 9.17) is 5.73 Å². The molecule has 0 unspecified atom stereocenters. The van der Waals surface area contributed by atoms with Crippen molar-refractivity contribution in [1.29, 1.82) is 0 Å². The van der Waals surface area contributed by atoms with E-state index in [1.807, 2.05) is 30.4 Å². The Labute approximate surface area is 75.0 Å². The Kier molecular flexibility index (Phi) is 7.30. The van der Waals surface area contributed by atoms with Crippen LogP contribution < -0.4 is 5.73 Å². The van der Waals surface area contributed by atoms with Gasteiger partial charge >= 0.3 is 0 Å². The van der Waals surface area contributed by atoms with Gasteiger partial charge in [-0.3, -0.25) is 0 Å². The SMILES string of the molecule is C=C(/C=C\C=C/CN)/C=C\CC. The highest BCUT2D eigenvalue weighted by Gasteiger charge is 1.75. The van der Waals surface area contributed by atoms with Crippen molar-refractivity contribution in [2.24, 2.45) is 5.73 Å². The molecule has 0 aliphatic rings. The van der Waals surface area contributed by atoms with Gasteiger partial charge in [0.05, 0.1) is 0 Å². The van der Waals surface area contributed by atoms with Gasteiger partial charge in [0.2, 0.25) is 0 Å². The number of hydrogen-bond acceptors (Lipinski definition) is 1. The van der Waals surface area contributed by atoms with Crippen molar-refractivity contribution in [2.45, 2.75) is 13.3 Å².